The van der Waals surface area contributed by atoms with E-state index < -0.39 is 17.6 Å². The first-order valence-corrected chi connectivity index (χ1v) is 4.41. The number of methoxy groups -OCH3 is 1. The summed E-state index contributed by atoms with van der Waals surface area (Å²) in [5, 5.41) is 0. The molecule has 16 heavy (non-hydrogen) atoms. The number of carbonyl (C=O) groups is 1. The lowest BCUT2D eigenvalue weighted by molar-refractivity contribution is 0.0595. The van der Waals surface area contributed by atoms with Gasteiger partial charge in [-0.1, -0.05) is 12.7 Å². The van der Waals surface area contributed by atoms with Crippen LogP contribution < -0.4 is 4.74 Å². The maximum Gasteiger partial charge on any atom is 0.341 e. The molecule has 0 amide bonds. The smallest absolute Gasteiger partial charge is 0.341 e. The van der Waals surface area contributed by atoms with E-state index in [1.807, 2.05) is 0 Å². The fourth-order valence-electron chi connectivity index (χ4n) is 1.07. The van der Waals surface area contributed by atoms with Crippen molar-refractivity contribution in [1.82, 2.24) is 0 Å². The minimum absolute atomic E-state index is 0.0781. The second-order valence-electron chi connectivity index (χ2n) is 2.85. The van der Waals surface area contributed by atoms with Gasteiger partial charge in [0.25, 0.3) is 0 Å². The summed E-state index contributed by atoms with van der Waals surface area (Å²) in [6, 6.07) is 1.53. The molecule has 0 fully saturated rings. The Morgan fingerprint density at radius 3 is 2.62 bits per heavy atom. The second-order valence-corrected chi connectivity index (χ2v) is 2.85. The van der Waals surface area contributed by atoms with E-state index in [1.165, 1.54) is 6.08 Å². The SMILES string of the molecule is C=CCOc1cc(F)c(F)cc1C(=O)OC. The van der Waals surface area contributed by atoms with Crippen LogP contribution in [-0.4, -0.2) is 19.7 Å². The lowest BCUT2D eigenvalue weighted by Crippen LogP contribution is -2.07. The zero-order valence-corrected chi connectivity index (χ0v) is 8.63. The summed E-state index contributed by atoms with van der Waals surface area (Å²) in [7, 11) is 1.14. The van der Waals surface area contributed by atoms with Crippen molar-refractivity contribution in [2.75, 3.05) is 13.7 Å². The Hall–Kier alpha value is -1.91. The number of hydrogen-bond donors (Lipinski definition) is 0. The third kappa shape index (κ3) is 2.56. The van der Waals surface area contributed by atoms with Crippen LogP contribution in [0.25, 0.3) is 0 Å². The molecule has 5 heteroatoms. The van der Waals surface area contributed by atoms with Crippen LogP contribution in [0, 0.1) is 11.6 Å². The molecule has 0 bridgehead atoms. The molecule has 0 saturated heterocycles. The lowest BCUT2D eigenvalue weighted by atomic mass is 10.2. The Labute approximate surface area is 91.3 Å². The topological polar surface area (TPSA) is 35.5 Å². The third-order valence-corrected chi connectivity index (χ3v) is 1.78. The van der Waals surface area contributed by atoms with E-state index in [-0.39, 0.29) is 17.9 Å². The van der Waals surface area contributed by atoms with E-state index in [0.717, 1.165) is 19.2 Å². The Balaban J connectivity index is 3.15. The largest absolute Gasteiger partial charge is 0.489 e. The number of halogens is 2. The summed E-state index contributed by atoms with van der Waals surface area (Å²) in [5.41, 5.74) is -0.164. The molecule has 0 spiro atoms. The molecule has 0 atom stereocenters. The molecule has 1 rings (SSSR count). The number of benzene rings is 1. The van der Waals surface area contributed by atoms with Gasteiger partial charge < -0.3 is 9.47 Å². The molecule has 0 aromatic heterocycles. The van der Waals surface area contributed by atoms with Crippen LogP contribution >= 0.6 is 0 Å². The molecule has 0 unspecified atom stereocenters. The normalized spacial score (nSPS) is 9.69. The average Bonchev–Trinajstić information content (AvgIpc) is 2.29. The second kappa shape index (κ2) is 5.25. The molecule has 0 aliphatic carbocycles. The number of rotatable bonds is 4. The molecule has 1 aromatic carbocycles. The van der Waals surface area contributed by atoms with Gasteiger partial charge in [-0.2, -0.15) is 0 Å². The molecule has 3 nitrogen and oxygen atoms in total. The van der Waals surface area contributed by atoms with Gasteiger partial charge in [0.15, 0.2) is 11.6 Å². The first-order chi connectivity index (χ1) is 7.60. The van der Waals surface area contributed by atoms with Gasteiger partial charge in [0.05, 0.1) is 7.11 Å². The minimum atomic E-state index is -1.13. The summed E-state index contributed by atoms with van der Waals surface area (Å²) in [5.74, 6) is -3.10. The molecule has 0 heterocycles. The fraction of sp³-hybridized carbons (Fsp3) is 0.182. The molecule has 0 saturated carbocycles. The summed E-state index contributed by atoms with van der Waals surface area (Å²) in [6.07, 6.45) is 1.42. The van der Waals surface area contributed by atoms with Gasteiger partial charge >= 0.3 is 5.97 Å². The van der Waals surface area contributed by atoms with E-state index in [0.29, 0.717) is 0 Å². The molecule has 0 aliphatic rings. The standard InChI is InChI=1S/C11H10F2O3/c1-3-4-16-10-6-9(13)8(12)5-7(10)11(14)15-2/h3,5-6H,1,4H2,2H3. The van der Waals surface area contributed by atoms with E-state index in [9.17, 15) is 13.6 Å². The van der Waals surface area contributed by atoms with E-state index in [2.05, 4.69) is 11.3 Å². The van der Waals surface area contributed by atoms with Crippen LogP contribution in [0.2, 0.25) is 0 Å². The van der Waals surface area contributed by atoms with Gasteiger partial charge in [0, 0.05) is 6.07 Å². The Bertz CT molecular complexity index is 416. The van der Waals surface area contributed by atoms with Crippen LogP contribution in [0.15, 0.2) is 24.8 Å². The lowest BCUT2D eigenvalue weighted by Gasteiger charge is -2.09. The highest BCUT2D eigenvalue weighted by Gasteiger charge is 2.17. The zero-order valence-electron chi connectivity index (χ0n) is 8.63. The number of hydrogen-bond acceptors (Lipinski definition) is 3. The van der Waals surface area contributed by atoms with Crippen LogP contribution in [-0.2, 0) is 4.74 Å². The molecule has 86 valence electrons. The van der Waals surface area contributed by atoms with Crippen molar-refractivity contribution in [1.29, 1.82) is 0 Å². The van der Waals surface area contributed by atoms with Gasteiger partial charge in [-0.05, 0) is 6.07 Å². The molecule has 1 aromatic rings. The van der Waals surface area contributed by atoms with Crippen LogP contribution in [0.5, 0.6) is 5.75 Å². The molecule has 0 N–H and O–H groups in total. The van der Waals surface area contributed by atoms with Crippen molar-refractivity contribution in [3.05, 3.63) is 42.0 Å². The van der Waals surface area contributed by atoms with Gasteiger partial charge in [-0.25, -0.2) is 13.6 Å². The average molecular weight is 228 g/mol. The fourth-order valence-corrected chi connectivity index (χ4v) is 1.07. The van der Waals surface area contributed by atoms with E-state index in [1.54, 1.807) is 0 Å². The summed E-state index contributed by atoms with van der Waals surface area (Å²) < 4.78 is 35.3. The molecule has 0 radical (unpaired) electrons. The maximum atomic E-state index is 12.9. The number of ether oxygens (including phenoxy) is 2. The highest BCUT2D eigenvalue weighted by molar-refractivity contribution is 5.92. The predicted octanol–water partition coefficient (Wildman–Crippen LogP) is 2.32. The zero-order chi connectivity index (χ0) is 12.1. The quantitative estimate of drug-likeness (QED) is 0.586. The molecular weight excluding hydrogens is 218 g/mol. The first-order valence-electron chi connectivity index (χ1n) is 4.41. The van der Waals surface area contributed by atoms with Crippen molar-refractivity contribution in [3.8, 4) is 5.75 Å². The van der Waals surface area contributed by atoms with Crippen molar-refractivity contribution in [2.45, 2.75) is 0 Å². The molecule has 0 aliphatic heterocycles. The van der Waals surface area contributed by atoms with Gasteiger partial charge in [-0.15, -0.1) is 0 Å². The predicted molar refractivity (Wildman–Crippen MR) is 53.4 cm³/mol. The van der Waals surface area contributed by atoms with Crippen molar-refractivity contribution >= 4 is 5.97 Å². The third-order valence-electron chi connectivity index (χ3n) is 1.78. The van der Waals surface area contributed by atoms with Gasteiger partial charge in [-0.3, -0.25) is 0 Å². The monoisotopic (exact) mass is 228 g/mol. The van der Waals surface area contributed by atoms with Crippen molar-refractivity contribution in [3.63, 3.8) is 0 Å². The van der Waals surface area contributed by atoms with Gasteiger partial charge in [0.1, 0.15) is 17.9 Å². The van der Waals surface area contributed by atoms with Crippen molar-refractivity contribution < 1.29 is 23.0 Å². The van der Waals surface area contributed by atoms with E-state index in [4.69, 9.17) is 4.74 Å². The Morgan fingerprint density at radius 2 is 2.06 bits per heavy atom. The maximum absolute atomic E-state index is 12.9. The highest BCUT2D eigenvalue weighted by Crippen LogP contribution is 2.23. The number of esters is 1. The Kier molecular flexibility index (Phi) is 3.99. The first kappa shape index (κ1) is 12.2. The summed E-state index contributed by atoms with van der Waals surface area (Å²) in [6.45, 7) is 3.48. The van der Waals surface area contributed by atoms with E-state index >= 15 is 0 Å². The van der Waals surface area contributed by atoms with Crippen molar-refractivity contribution in [2.24, 2.45) is 0 Å². The Morgan fingerprint density at radius 1 is 1.44 bits per heavy atom. The number of carbonyl (C=O) groups excluding carboxylic acids is 1. The van der Waals surface area contributed by atoms with Gasteiger partial charge in [0.2, 0.25) is 0 Å². The summed E-state index contributed by atoms with van der Waals surface area (Å²) >= 11 is 0. The summed E-state index contributed by atoms with van der Waals surface area (Å²) in [4.78, 5) is 11.2. The highest BCUT2D eigenvalue weighted by atomic mass is 19.2. The van der Waals surface area contributed by atoms with Crippen LogP contribution in [0.1, 0.15) is 10.4 Å². The molecular formula is C11H10F2O3. The minimum Gasteiger partial charge on any atom is -0.489 e. The van der Waals surface area contributed by atoms with Crippen LogP contribution in [0.4, 0.5) is 8.78 Å². The van der Waals surface area contributed by atoms with Crippen LogP contribution in [0.3, 0.4) is 0 Å².